The van der Waals surface area contributed by atoms with Crippen LogP contribution in [0, 0.1) is 0 Å². The van der Waals surface area contributed by atoms with Gasteiger partial charge in [0.25, 0.3) is 21.5 Å². The van der Waals surface area contributed by atoms with E-state index in [1.54, 1.807) is 6.07 Å². The summed E-state index contributed by atoms with van der Waals surface area (Å²) in [6.45, 7) is -0.663. The monoisotopic (exact) mass is 556 g/mol. The number of nitrogens with one attached hydrogen (secondary N) is 2. The number of ether oxygens (including phenoxy) is 1. The molecule has 174 valence electrons. The number of amides is 1. The molecule has 0 saturated carbocycles. The van der Waals surface area contributed by atoms with Crippen molar-refractivity contribution in [3.05, 3.63) is 72.7 Å². The van der Waals surface area contributed by atoms with E-state index in [1.807, 2.05) is 0 Å². The zero-order chi connectivity index (χ0) is 24.3. The number of sulfonamides is 1. The number of carbonyl (C=O) groups excluding carboxylic acids is 2. The van der Waals surface area contributed by atoms with Crippen LogP contribution < -0.4 is 21.3 Å². The molecule has 33 heavy (non-hydrogen) atoms. The SMILES string of the molecule is Cn1c(NC(=O)COC(=O)c2ccc(NS(=O)(=O)c3ccc(Br)s3)cc2)cc(=O)n(C)c1=O. The average molecular weight is 557 g/mol. The van der Waals surface area contributed by atoms with E-state index in [9.17, 15) is 27.6 Å². The number of nitrogens with zero attached hydrogens (tertiary/aromatic N) is 2. The Kier molecular flexibility index (Phi) is 7.19. The van der Waals surface area contributed by atoms with Crippen LogP contribution in [0.3, 0.4) is 0 Å². The van der Waals surface area contributed by atoms with Crippen LogP contribution in [-0.2, 0) is 33.7 Å². The number of carbonyl (C=O) groups is 2. The first-order valence-corrected chi connectivity index (χ1v) is 12.2. The van der Waals surface area contributed by atoms with Crippen molar-refractivity contribution in [2.45, 2.75) is 4.21 Å². The number of rotatable bonds is 7. The standard InChI is InChI=1S/C19H17BrN4O7S2/c1-23-14(9-16(26)24(2)19(23)28)21-15(25)10-31-18(27)11-3-5-12(6-4-11)22-33(29,30)17-8-7-13(20)32-17/h3-9,22H,10H2,1-2H3,(H,21,25). The zero-order valence-corrected chi connectivity index (χ0v) is 20.4. The molecule has 0 aliphatic rings. The van der Waals surface area contributed by atoms with Gasteiger partial charge in [0.1, 0.15) is 10.0 Å². The molecule has 0 aliphatic carbocycles. The maximum Gasteiger partial charge on any atom is 0.338 e. The topological polar surface area (TPSA) is 146 Å². The Bertz CT molecular complexity index is 1440. The number of hydrogen-bond donors (Lipinski definition) is 2. The molecule has 0 fully saturated rings. The van der Waals surface area contributed by atoms with Crippen LogP contribution >= 0.6 is 27.3 Å². The summed E-state index contributed by atoms with van der Waals surface area (Å²) in [6, 6.07) is 9.58. The summed E-state index contributed by atoms with van der Waals surface area (Å²) in [5.41, 5.74) is -0.906. The van der Waals surface area contributed by atoms with Crippen LogP contribution in [-0.4, -0.2) is 36.0 Å². The molecule has 3 rings (SSSR count). The van der Waals surface area contributed by atoms with Crippen LogP contribution in [0.2, 0.25) is 0 Å². The Labute approximate surface area is 199 Å². The first kappa shape index (κ1) is 24.4. The van der Waals surface area contributed by atoms with Gasteiger partial charge in [0.2, 0.25) is 0 Å². The molecule has 11 nitrogen and oxygen atoms in total. The largest absolute Gasteiger partial charge is 0.452 e. The smallest absolute Gasteiger partial charge is 0.338 e. The second-order valence-electron chi connectivity index (χ2n) is 6.63. The highest BCUT2D eigenvalue weighted by Gasteiger charge is 2.17. The van der Waals surface area contributed by atoms with E-state index in [2.05, 4.69) is 26.0 Å². The van der Waals surface area contributed by atoms with Gasteiger partial charge < -0.3 is 10.1 Å². The van der Waals surface area contributed by atoms with Gasteiger partial charge in [-0.3, -0.25) is 23.4 Å². The van der Waals surface area contributed by atoms with E-state index in [4.69, 9.17) is 4.74 Å². The highest BCUT2D eigenvalue weighted by Crippen LogP contribution is 2.27. The van der Waals surface area contributed by atoms with Gasteiger partial charge in [0.05, 0.1) is 9.35 Å². The Balaban J connectivity index is 1.59. The average Bonchev–Trinajstić information content (AvgIpc) is 3.22. The fourth-order valence-electron chi connectivity index (χ4n) is 2.57. The van der Waals surface area contributed by atoms with Crippen molar-refractivity contribution in [1.29, 1.82) is 0 Å². The van der Waals surface area contributed by atoms with Crippen molar-refractivity contribution in [3.63, 3.8) is 0 Å². The van der Waals surface area contributed by atoms with Crippen molar-refractivity contribution in [2.24, 2.45) is 14.1 Å². The summed E-state index contributed by atoms with van der Waals surface area (Å²) in [5.74, 6) is -1.61. The van der Waals surface area contributed by atoms with Crippen LogP contribution in [0.25, 0.3) is 0 Å². The quantitative estimate of drug-likeness (QED) is 0.419. The number of benzene rings is 1. The normalized spacial score (nSPS) is 11.1. The molecule has 2 N–H and O–H groups in total. The van der Waals surface area contributed by atoms with Gasteiger partial charge in [-0.05, 0) is 52.3 Å². The van der Waals surface area contributed by atoms with Crippen LogP contribution in [0.15, 0.2) is 60.0 Å². The Hall–Kier alpha value is -3.23. The fourth-order valence-corrected chi connectivity index (χ4v) is 5.64. The molecule has 2 heterocycles. The van der Waals surface area contributed by atoms with Gasteiger partial charge >= 0.3 is 11.7 Å². The third-order valence-corrected chi connectivity index (χ3v) is 7.81. The molecule has 2 aromatic heterocycles. The third kappa shape index (κ3) is 5.77. The molecule has 0 unspecified atom stereocenters. The number of aromatic nitrogens is 2. The number of esters is 1. The molecule has 3 aromatic rings. The van der Waals surface area contributed by atoms with Crippen LogP contribution in [0.1, 0.15) is 10.4 Å². The molecule has 0 radical (unpaired) electrons. The van der Waals surface area contributed by atoms with Crippen molar-refractivity contribution < 1.29 is 22.7 Å². The summed E-state index contributed by atoms with van der Waals surface area (Å²) in [6.07, 6.45) is 0. The second kappa shape index (κ2) is 9.72. The molecule has 0 atom stereocenters. The maximum atomic E-state index is 12.3. The van der Waals surface area contributed by atoms with Gasteiger partial charge in [-0.25, -0.2) is 18.0 Å². The van der Waals surface area contributed by atoms with Crippen molar-refractivity contribution in [2.75, 3.05) is 16.6 Å². The van der Waals surface area contributed by atoms with E-state index in [0.717, 1.165) is 26.5 Å². The number of halogens is 1. The molecule has 0 bridgehead atoms. The Morgan fingerprint density at radius 1 is 1.06 bits per heavy atom. The predicted molar refractivity (Wildman–Crippen MR) is 125 cm³/mol. The summed E-state index contributed by atoms with van der Waals surface area (Å²) in [5, 5.41) is 2.33. The van der Waals surface area contributed by atoms with Gasteiger partial charge in [0, 0.05) is 25.8 Å². The van der Waals surface area contributed by atoms with Gasteiger partial charge in [-0.2, -0.15) is 0 Å². The fraction of sp³-hybridized carbons (Fsp3) is 0.158. The van der Waals surface area contributed by atoms with E-state index in [-0.39, 0.29) is 21.3 Å². The minimum Gasteiger partial charge on any atom is -0.452 e. The van der Waals surface area contributed by atoms with Gasteiger partial charge in [-0.15, -0.1) is 11.3 Å². The molecule has 0 saturated heterocycles. The lowest BCUT2D eigenvalue weighted by atomic mass is 10.2. The maximum absolute atomic E-state index is 12.3. The lowest BCUT2D eigenvalue weighted by Gasteiger charge is -2.11. The van der Waals surface area contributed by atoms with Crippen molar-refractivity contribution in [3.8, 4) is 0 Å². The summed E-state index contributed by atoms with van der Waals surface area (Å²) >= 11 is 4.26. The van der Waals surface area contributed by atoms with E-state index < -0.39 is 39.8 Å². The molecule has 14 heteroatoms. The van der Waals surface area contributed by atoms with Crippen molar-refractivity contribution >= 4 is 60.7 Å². The van der Waals surface area contributed by atoms with Crippen molar-refractivity contribution in [1.82, 2.24) is 9.13 Å². The van der Waals surface area contributed by atoms with E-state index in [1.165, 1.54) is 44.4 Å². The minimum atomic E-state index is -3.77. The van der Waals surface area contributed by atoms with Gasteiger partial charge in [-0.1, -0.05) is 0 Å². The molecule has 0 spiro atoms. The highest BCUT2D eigenvalue weighted by molar-refractivity contribution is 9.11. The Morgan fingerprint density at radius 2 is 1.73 bits per heavy atom. The summed E-state index contributed by atoms with van der Waals surface area (Å²) < 4.78 is 34.8. The Morgan fingerprint density at radius 3 is 2.33 bits per heavy atom. The van der Waals surface area contributed by atoms with E-state index in [0.29, 0.717) is 3.79 Å². The first-order valence-electron chi connectivity index (χ1n) is 9.10. The number of thiophene rings is 1. The third-order valence-electron chi connectivity index (χ3n) is 4.31. The van der Waals surface area contributed by atoms with E-state index >= 15 is 0 Å². The highest BCUT2D eigenvalue weighted by atomic mass is 79.9. The summed E-state index contributed by atoms with van der Waals surface area (Å²) in [7, 11) is -1.10. The zero-order valence-electron chi connectivity index (χ0n) is 17.2. The van der Waals surface area contributed by atoms with Crippen LogP contribution in [0.5, 0.6) is 0 Å². The second-order valence-corrected chi connectivity index (χ2v) is 11.0. The molecule has 1 amide bonds. The lowest BCUT2D eigenvalue weighted by molar-refractivity contribution is -0.119. The summed E-state index contributed by atoms with van der Waals surface area (Å²) in [4.78, 5) is 47.8. The van der Waals surface area contributed by atoms with Gasteiger partial charge in [0.15, 0.2) is 6.61 Å². The number of anilines is 2. The predicted octanol–water partition coefficient (Wildman–Crippen LogP) is 1.50. The van der Waals surface area contributed by atoms with Crippen LogP contribution in [0.4, 0.5) is 11.5 Å². The molecule has 0 aliphatic heterocycles. The molecular formula is C19H17BrN4O7S2. The molecular weight excluding hydrogens is 540 g/mol. The molecule has 1 aromatic carbocycles. The number of hydrogen-bond acceptors (Lipinski definition) is 8. The minimum absolute atomic E-state index is 0.0430. The first-order chi connectivity index (χ1) is 15.5. The lowest BCUT2D eigenvalue weighted by Crippen LogP contribution is -2.38.